The summed E-state index contributed by atoms with van der Waals surface area (Å²) in [6.45, 7) is 0. The standard InChI is InChI=1S/C11H10ClFO2/c1-15-11(14)8-3-2-7-6(8)4-5-9(13)10(7)12/h4-5,8H,2-3H2,1H3. The molecule has 0 radical (unpaired) electrons. The van der Waals surface area contributed by atoms with Gasteiger partial charge >= 0.3 is 5.97 Å². The summed E-state index contributed by atoms with van der Waals surface area (Å²) in [4.78, 5) is 11.4. The quantitative estimate of drug-likeness (QED) is 0.691. The second-order valence-electron chi connectivity index (χ2n) is 3.54. The van der Waals surface area contributed by atoms with Crippen LogP contribution in [0.25, 0.3) is 0 Å². The van der Waals surface area contributed by atoms with Crippen LogP contribution >= 0.6 is 11.6 Å². The number of halogens is 2. The van der Waals surface area contributed by atoms with Gasteiger partial charge in [0.05, 0.1) is 18.1 Å². The Labute approximate surface area is 92.0 Å². The molecule has 1 aliphatic rings. The van der Waals surface area contributed by atoms with Crippen molar-refractivity contribution in [2.24, 2.45) is 0 Å². The van der Waals surface area contributed by atoms with Crippen LogP contribution in [0.1, 0.15) is 23.5 Å². The maximum absolute atomic E-state index is 13.1. The summed E-state index contributed by atoms with van der Waals surface area (Å²) >= 11 is 5.82. The van der Waals surface area contributed by atoms with E-state index in [1.54, 1.807) is 6.07 Å². The molecule has 0 aromatic heterocycles. The Balaban J connectivity index is 2.44. The van der Waals surface area contributed by atoms with E-state index in [9.17, 15) is 9.18 Å². The number of esters is 1. The molecule has 1 unspecified atom stereocenters. The third kappa shape index (κ3) is 1.61. The molecule has 2 nitrogen and oxygen atoms in total. The highest BCUT2D eigenvalue weighted by Crippen LogP contribution is 2.38. The highest BCUT2D eigenvalue weighted by Gasteiger charge is 2.31. The van der Waals surface area contributed by atoms with Crippen molar-refractivity contribution in [3.05, 3.63) is 34.1 Å². The molecule has 80 valence electrons. The molecule has 0 spiro atoms. The fourth-order valence-electron chi connectivity index (χ4n) is 2.02. The third-order valence-electron chi connectivity index (χ3n) is 2.78. The molecule has 15 heavy (non-hydrogen) atoms. The van der Waals surface area contributed by atoms with Gasteiger partial charge in [-0.15, -0.1) is 0 Å². The lowest BCUT2D eigenvalue weighted by atomic mass is 10.0. The van der Waals surface area contributed by atoms with Gasteiger partial charge in [-0.1, -0.05) is 17.7 Å². The summed E-state index contributed by atoms with van der Waals surface area (Å²) in [6.07, 6.45) is 1.27. The van der Waals surface area contributed by atoms with E-state index in [0.29, 0.717) is 12.8 Å². The van der Waals surface area contributed by atoms with Crippen LogP contribution in [0.15, 0.2) is 12.1 Å². The Morgan fingerprint density at radius 3 is 3.00 bits per heavy atom. The molecule has 1 aliphatic carbocycles. The molecule has 0 amide bonds. The van der Waals surface area contributed by atoms with Crippen molar-refractivity contribution in [2.45, 2.75) is 18.8 Å². The topological polar surface area (TPSA) is 26.3 Å². The van der Waals surface area contributed by atoms with Crippen molar-refractivity contribution in [3.63, 3.8) is 0 Å². The van der Waals surface area contributed by atoms with E-state index in [1.807, 2.05) is 0 Å². The molecule has 0 fully saturated rings. The highest BCUT2D eigenvalue weighted by atomic mass is 35.5. The first-order chi connectivity index (χ1) is 7.15. The van der Waals surface area contributed by atoms with Gasteiger partial charge in [0.25, 0.3) is 0 Å². The summed E-state index contributed by atoms with van der Waals surface area (Å²) < 4.78 is 17.8. The molecule has 1 aromatic rings. The van der Waals surface area contributed by atoms with Crippen molar-refractivity contribution < 1.29 is 13.9 Å². The minimum atomic E-state index is -0.430. The average Bonchev–Trinajstić information content (AvgIpc) is 2.66. The van der Waals surface area contributed by atoms with Crippen LogP contribution in [0, 0.1) is 5.82 Å². The number of benzene rings is 1. The highest BCUT2D eigenvalue weighted by molar-refractivity contribution is 6.31. The number of rotatable bonds is 1. The first-order valence-electron chi connectivity index (χ1n) is 4.69. The lowest BCUT2D eigenvalue weighted by Gasteiger charge is -2.09. The zero-order valence-electron chi connectivity index (χ0n) is 8.22. The lowest BCUT2D eigenvalue weighted by Crippen LogP contribution is -2.11. The number of hydrogen-bond acceptors (Lipinski definition) is 2. The van der Waals surface area contributed by atoms with Gasteiger partial charge in [-0.3, -0.25) is 4.79 Å². The molecule has 1 atom stereocenters. The van der Waals surface area contributed by atoms with Gasteiger partial charge < -0.3 is 4.74 Å². The summed E-state index contributed by atoms with van der Waals surface area (Å²) in [5.74, 6) is -1.000. The van der Waals surface area contributed by atoms with Crippen LogP contribution in [0.3, 0.4) is 0 Å². The van der Waals surface area contributed by atoms with Crippen LogP contribution < -0.4 is 0 Å². The van der Waals surface area contributed by atoms with Gasteiger partial charge in [-0.05, 0) is 30.0 Å². The van der Waals surface area contributed by atoms with Crippen LogP contribution in [0.4, 0.5) is 4.39 Å². The summed E-state index contributed by atoms with van der Waals surface area (Å²) in [5.41, 5.74) is 1.54. The molecule has 0 bridgehead atoms. The van der Waals surface area contributed by atoms with Crippen molar-refractivity contribution in [1.82, 2.24) is 0 Å². The van der Waals surface area contributed by atoms with E-state index in [1.165, 1.54) is 13.2 Å². The Bertz CT molecular complexity index is 417. The van der Waals surface area contributed by atoms with E-state index in [0.717, 1.165) is 11.1 Å². The normalized spacial score (nSPS) is 18.7. The first kappa shape index (κ1) is 10.4. The second-order valence-corrected chi connectivity index (χ2v) is 3.92. The summed E-state index contributed by atoms with van der Waals surface area (Å²) in [5, 5.41) is 0.138. The van der Waals surface area contributed by atoms with E-state index in [2.05, 4.69) is 4.74 Å². The molecular weight excluding hydrogens is 219 g/mol. The first-order valence-corrected chi connectivity index (χ1v) is 5.07. The van der Waals surface area contributed by atoms with Crippen molar-refractivity contribution in [1.29, 1.82) is 0 Å². The average molecular weight is 229 g/mol. The largest absolute Gasteiger partial charge is 0.469 e. The second kappa shape index (κ2) is 3.81. The summed E-state index contributed by atoms with van der Waals surface area (Å²) in [7, 11) is 1.35. The Morgan fingerprint density at radius 2 is 2.33 bits per heavy atom. The van der Waals surface area contributed by atoms with Crippen LogP contribution in [0.2, 0.25) is 5.02 Å². The molecule has 0 heterocycles. The Morgan fingerprint density at radius 1 is 1.60 bits per heavy atom. The molecule has 0 saturated heterocycles. The zero-order valence-corrected chi connectivity index (χ0v) is 8.97. The van der Waals surface area contributed by atoms with Gasteiger partial charge in [0.1, 0.15) is 5.82 Å². The number of ether oxygens (including phenoxy) is 1. The SMILES string of the molecule is COC(=O)C1CCc2c1ccc(F)c2Cl. The molecule has 2 rings (SSSR count). The number of methoxy groups -OCH3 is 1. The van der Waals surface area contributed by atoms with E-state index >= 15 is 0 Å². The molecule has 1 aromatic carbocycles. The van der Waals surface area contributed by atoms with E-state index in [4.69, 9.17) is 11.6 Å². The van der Waals surface area contributed by atoms with Crippen LogP contribution in [-0.2, 0) is 16.0 Å². The van der Waals surface area contributed by atoms with Crippen molar-refractivity contribution in [3.8, 4) is 0 Å². The molecular formula is C11H10ClFO2. The van der Waals surface area contributed by atoms with Crippen molar-refractivity contribution >= 4 is 17.6 Å². The summed E-state index contributed by atoms with van der Waals surface area (Å²) in [6, 6.07) is 2.91. The van der Waals surface area contributed by atoms with E-state index in [-0.39, 0.29) is 16.9 Å². The number of carbonyl (C=O) groups excluding carboxylic acids is 1. The number of hydrogen-bond donors (Lipinski definition) is 0. The predicted octanol–water partition coefficient (Wildman–Crippen LogP) is 2.68. The van der Waals surface area contributed by atoms with Gasteiger partial charge in [-0.25, -0.2) is 4.39 Å². The van der Waals surface area contributed by atoms with Gasteiger partial charge in [0, 0.05) is 0 Å². The number of fused-ring (bicyclic) bond motifs is 1. The molecule has 0 aliphatic heterocycles. The fraction of sp³-hybridized carbons (Fsp3) is 0.364. The Kier molecular flexibility index (Phi) is 2.65. The lowest BCUT2D eigenvalue weighted by molar-refractivity contribution is -0.142. The van der Waals surface area contributed by atoms with Crippen LogP contribution in [-0.4, -0.2) is 13.1 Å². The molecule has 4 heteroatoms. The third-order valence-corrected chi connectivity index (χ3v) is 3.19. The zero-order chi connectivity index (χ0) is 11.0. The van der Waals surface area contributed by atoms with Gasteiger partial charge in [0.2, 0.25) is 0 Å². The van der Waals surface area contributed by atoms with Gasteiger partial charge in [-0.2, -0.15) is 0 Å². The smallest absolute Gasteiger partial charge is 0.313 e. The predicted molar refractivity (Wildman–Crippen MR) is 54.5 cm³/mol. The fourth-order valence-corrected chi connectivity index (χ4v) is 2.29. The maximum atomic E-state index is 13.1. The van der Waals surface area contributed by atoms with Crippen molar-refractivity contribution in [2.75, 3.05) is 7.11 Å². The van der Waals surface area contributed by atoms with Crippen LogP contribution in [0.5, 0.6) is 0 Å². The number of carbonyl (C=O) groups is 1. The molecule has 0 N–H and O–H groups in total. The minimum absolute atomic E-state index is 0.138. The monoisotopic (exact) mass is 228 g/mol. The van der Waals surface area contributed by atoms with Gasteiger partial charge in [0.15, 0.2) is 0 Å². The molecule has 0 saturated carbocycles. The minimum Gasteiger partial charge on any atom is -0.469 e. The van der Waals surface area contributed by atoms with E-state index < -0.39 is 5.82 Å². The maximum Gasteiger partial charge on any atom is 0.313 e. The Hall–Kier alpha value is -1.09.